The van der Waals surface area contributed by atoms with Crippen molar-refractivity contribution in [2.45, 2.75) is 51.0 Å². The second-order valence-corrected chi connectivity index (χ2v) is 5.84. The van der Waals surface area contributed by atoms with Crippen LogP contribution >= 0.6 is 0 Å². The number of aliphatic hydroxyl groups is 1. The molecular formula is C17H27NO. The summed E-state index contributed by atoms with van der Waals surface area (Å²) < 4.78 is 0. The molecule has 2 N–H and O–H groups in total. The predicted molar refractivity (Wildman–Crippen MR) is 80.2 cm³/mol. The molecule has 2 nitrogen and oxygen atoms in total. The molecule has 2 heteroatoms. The molecule has 1 fully saturated rings. The average molecular weight is 261 g/mol. The summed E-state index contributed by atoms with van der Waals surface area (Å²) in [5.41, 5.74) is 1.30. The maximum Gasteiger partial charge on any atom is 0.0587 e. The van der Waals surface area contributed by atoms with Crippen LogP contribution in [0.25, 0.3) is 0 Å². The average Bonchev–Trinajstić information content (AvgIpc) is 2.73. The zero-order chi connectivity index (χ0) is 13.3. The molecule has 1 saturated carbocycles. The van der Waals surface area contributed by atoms with Crippen LogP contribution in [0, 0.1) is 5.92 Å². The van der Waals surface area contributed by atoms with Crippen LogP contribution in [0.2, 0.25) is 0 Å². The van der Waals surface area contributed by atoms with Crippen molar-refractivity contribution in [2.24, 2.45) is 5.92 Å². The Bertz CT molecular complexity index is 330. The van der Waals surface area contributed by atoms with E-state index in [9.17, 15) is 5.11 Å². The van der Waals surface area contributed by atoms with Gasteiger partial charge in [-0.15, -0.1) is 0 Å². The van der Waals surface area contributed by atoms with Gasteiger partial charge in [0.1, 0.15) is 0 Å². The summed E-state index contributed by atoms with van der Waals surface area (Å²) in [6, 6.07) is 10.6. The largest absolute Gasteiger partial charge is 0.395 e. The van der Waals surface area contributed by atoms with Crippen molar-refractivity contribution in [3.63, 3.8) is 0 Å². The molecule has 0 aromatic heterocycles. The van der Waals surface area contributed by atoms with Crippen molar-refractivity contribution in [1.82, 2.24) is 5.32 Å². The number of hydrogen-bond donors (Lipinski definition) is 2. The van der Waals surface area contributed by atoms with E-state index in [1.54, 1.807) is 0 Å². The van der Waals surface area contributed by atoms with Crippen LogP contribution in [0.15, 0.2) is 30.3 Å². The van der Waals surface area contributed by atoms with Crippen molar-refractivity contribution >= 4 is 0 Å². The Morgan fingerprint density at radius 3 is 2.37 bits per heavy atom. The highest BCUT2D eigenvalue weighted by molar-refractivity contribution is 5.15. The number of hydrogen-bond acceptors (Lipinski definition) is 2. The molecule has 0 bridgehead atoms. The second kappa shape index (κ2) is 8.34. The molecule has 106 valence electrons. The molecule has 1 aromatic carbocycles. The normalized spacial score (nSPS) is 19.0. The van der Waals surface area contributed by atoms with Gasteiger partial charge in [0.2, 0.25) is 0 Å². The summed E-state index contributed by atoms with van der Waals surface area (Å²) in [5, 5.41) is 13.1. The van der Waals surface area contributed by atoms with Gasteiger partial charge in [-0.1, -0.05) is 56.0 Å². The molecule has 1 atom stereocenters. The van der Waals surface area contributed by atoms with Crippen LogP contribution in [0.5, 0.6) is 0 Å². The second-order valence-electron chi connectivity index (χ2n) is 5.84. The molecule has 0 spiro atoms. The zero-order valence-electron chi connectivity index (χ0n) is 11.9. The van der Waals surface area contributed by atoms with Gasteiger partial charge in [-0.2, -0.15) is 0 Å². The molecular weight excluding hydrogens is 234 g/mol. The SMILES string of the molecule is OC[C@H](Cc1ccccc1)NCC1CCCCCC1. The number of benzene rings is 1. The lowest BCUT2D eigenvalue weighted by molar-refractivity contribution is 0.233. The number of nitrogens with one attached hydrogen (secondary N) is 1. The van der Waals surface area contributed by atoms with Gasteiger partial charge in [-0.05, 0) is 37.3 Å². The van der Waals surface area contributed by atoms with Gasteiger partial charge in [-0.25, -0.2) is 0 Å². The summed E-state index contributed by atoms with van der Waals surface area (Å²) in [5.74, 6) is 0.812. The van der Waals surface area contributed by atoms with Gasteiger partial charge in [0.15, 0.2) is 0 Å². The van der Waals surface area contributed by atoms with Gasteiger partial charge >= 0.3 is 0 Å². The van der Waals surface area contributed by atoms with Crippen LogP contribution in [0.3, 0.4) is 0 Å². The van der Waals surface area contributed by atoms with E-state index in [-0.39, 0.29) is 12.6 Å². The fraction of sp³-hybridized carbons (Fsp3) is 0.647. The fourth-order valence-corrected chi connectivity index (χ4v) is 3.00. The van der Waals surface area contributed by atoms with E-state index in [0.29, 0.717) is 0 Å². The van der Waals surface area contributed by atoms with Gasteiger partial charge in [0.05, 0.1) is 6.61 Å². The highest BCUT2D eigenvalue weighted by Crippen LogP contribution is 2.22. The number of aliphatic hydroxyl groups excluding tert-OH is 1. The lowest BCUT2D eigenvalue weighted by atomic mass is 9.99. The summed E-state index contributed by atoms with van der Waals surface area (Å²) in [7, 11) is 0. The van der Waals surface area contributed by atoms with Crippen LogP contribution in [0.1, 0.15) is 44.1 Å². The predicted octanol–water partition coefficient (Wildman–Crippen LogP) is 3.15. The van der Waals surface area contributed by atoms with Crippen molar-refractivity contribution in [3.8, 4) is 0 Å². The van der Waals surface area contributed by atoms with E-state index < -0.39 is 0 Å². The van der Waals surface area contributed by atoms with Gasteiger partial charge in [0.25, 0.3) is 0 Å². The Kier molecular flexibility index (Phi) is 6.38. The molecule has 1 aliphatic carbocycles. The molecule has 19 heavy (non-hydrogen) atoms. The quantitative estimate of drug-likeness (QED) is 0.771. The Morgan fingerprint density at radius 2 is 1.74 bits per heavy atom. The maximum absolute atomic E-state index is 9.51. The highest BCUT2D eigenvalue weighted by atomic mass is 16.3. The molecule has 0 amide bonds. The van der Waals surface area contributed by atoms with E-state index >= 15 is 0 Å². The van der Waals surface area contributed by atoms with Crippen LogP contribution in [-0.4, -0.2) is 24.3 Å². The lowest BCUT2D eigenvalue weighted by Gasteiger charge is -2.21. The smallest absolute Gasteiger partial charge is 0.0587 e. The summed E-state index contributed by atoms with van der Waals surface area (Å²) in [6.45, 7) is 1.29. The van der Waals surface area contributed by atoms with E-state index in [0.717, 1.165) is 18.9 Å². The van der Waals surface area contributed by atoms with Gasteiger partial charge in [0, 0.05) is 6.04 Å². The minimum atomic E-state index is 0.200. The third-order valence-electron chi connectivity index (χ3n) is 4.22. The molecule has 0 heterocycles. The highest BCUT2D eigenvalue weighted by Gasteiger charge is 2.14. The third-order valence-corrected chi connectivity index (χ3v) is 4.22. The topological polar surface area (TPSA) is 32.3 Å². The molecule has 0 radical (unpaired) electrons. The van der Waals surface area contributed by atoms with E-state index in [1.165, 1.54) is 44.1 Å². The lowest BCUT2D eigenvalue weighted by Crippen LogP contribution is -2.37. The Morgan fingerprint density at radius 1 is 1.05 bits per heavy atom. The minimum Gasteiger partial charge on any atom is -0.395 e. The summed E-state index contributed by atoms with van der Waals surface area (Å²) in [4.78, 5) is 0. The van der Waals surface area contributed by atoms with Crippen LogP contribution < -0.4 is 5.32 Å². The maximum atomic E-state index is 9.51. The molecule has 0 aliphatic heterocycles. The summed E-state index contributed by atoms with van der Waals surface area (Å²) in [6.07, 6.45) is 9.22. The monoisotopic (exact) mass is 261 g/mol. The fourth-order valence-electron chi connectivity index (χ4n) is 3.00. The first-order chi connectivity index (χ1) is 9.38. The van der Waals surface area contributed by atoms with Gasteiger partial charge in [-0.3, -0.25) is 0 Å². The first-order valence-electron chi connectivity index (χ1n) is 7.76. The third kappa shape index (κ3) is 5.33. The Balaban J connectivity index is 1.75. The molecule has 1 aromatic rings. The minimum absolute atomic E-state index is 0.200. The zero-order valence-corrected chi connectivity index (χ0v) is 11.9. The standard InChI is InChI=1S/C17H27NO/c19-14-17(12-15-8-6-3-7-9-15)18-13-16-10-4-1-2-5-11-16/h3,6-9,16-19H,1-2,4-5,10-14H2/t17-/m0/s1. The van der Waals surface area contributed by atoms with Crippen molar-refractivity contribution in [3.05, 3.63) is 35.9 Å². The van der Waals surface area contributed by atoms with Crippen LogP contribution in [0.4, 0.5) is 0 Å². The Labute approximate surface area is 117 Å². The molecule has 1 aliphatic rings. The van der Waals surface area contributed by atoms with Crippen LogP contribution in [-0.2, 0) is 6.42 Å². The first kappa shape index (κ1) is 14.5. The number of rotatable bonds is 6. The molecule has 2 rings (SSSR count). The van der Waals surface area contributed by atoms with Crippen molar-refractivity contribution in [2.75, 3.05) is 13.2 Å². The van der Waals surface area contributed by atoms with Crippen molar-refractivity contribution < 1.29 is 5.11 Å². The van der Waals surface area contributed by atoms with E-state index in [4.69, 9.17) is 0 Å². The van der Waals surface area contributed by atoms with E-state index in [2.05, 4.69) is 29.6 Å². The first-order valence-corrected chi connectivity index (χ1v) is 7.76. The molecule has 0 unspecified atom stereocenters. The molecule has 0 saturated heterocycles. The van der Waals surface area contributed by atoms with Gasteiger partial charge < -0.3 is 10.4 Å². The Hall–Kier alpha value is -0.860. The van der Waals surface area contributed by atoms with E-state index in [1.807, 2.05) is 6.07 Å². The summed E-state index contributed by atoms with van der Waals surface area (Å²) >= 11 is 0. The van der Waals surface area contributed by atoms with Crippen molar-refractivity contribution in [1.29, 1.82) is 0 Å².